The van der Waals surface area contributed by atoms with Crippen molar-refractivity contribution >= 4 is 27.5 Å². The van der Waals surface area contributed by atoms with Gasteiger partial charge in [-0.1, -0.05) is 19.3 Å². The number of hydrogen-bond donors (Lipinski definition) is 1. The Morgan fingerprint density at radius 1 is 1.26 bits per heavy atom. The molecular weight excluding hydrogens is 366 g/mol. The molecule has 0 amide bonds. The Hall–Kier alpha value is -1.93. The number of thiophene rings is 1. The maximum Gasteiger partial charge on any atom is 0.332 e. The summed E-state index contributed by atoms with van der Waals surface area (Å²) < 4.78 is 7.71. The molecule has 1 aliphatic carbocycles. The standard InChI is InChI=1S/C19H25N3O4S/c1-20-9-8-13-14(10-20)27-18-16(13)17(24)22(12-6-4-3-5-7-12)19(25)21(18)11-15(23)26-2/h12H,3-11H2,1-2H3/p+1. The van der Waals surface area contributed by atoms with Crippen molar-refractivity contribution in [3.05, 3.63) is 31.3 Å². The van der Waals surface area contributed by atoms with Crippen molar-refractivity contribution in [3.63, 3.8) is 0 Å². The van der Waals surface area contributed by atoms with E-state index in [0.717, 1.165) is 62.1 Å². The lowest BCUT2D eigenvalue weighted by molar-refractivity contribution is -0.895. The maximum absolute atomic E-state index is 13.4. The molecule has 4 rings (SSSR count). The predicted molar refractivity (Wildman–Crippen MR) is 104 cm³/mol. The van der Waals surface area contributed by atoms with Crippen LogP contribution in [0.25, 0.3) is 10.2 Å². The molecule has 1 aliphatic heterocycles. The number of hydrogen-bond acceptors (Lipinski definition) is 5. The first-order valence-corrected chi connectivity index (χ1v) is 10.5. The zero-order valence-corrected chi connectivity index (χ0v) is 16.7. The van der Waals surface area contributed by atoms with Gasteiger partial charge in [0.2, 0.25) is 0 Å². The zero-order chi connectivity index (χ0) is 19.1. The van der Waals surface area contributed by atoms with Gasteiger partial charge in [-0.25, -0.2) is 4.79 Å². The summed E-state index contributed by atoms with van der Waals surface area (Å²) in [6.07, 6.45) is 5.73. The number of nitrogens with one attached hydrogen (secondary N) is 1. The van der Waals surface area contributed by atoms with Gasteiger partial charge in [-0.2, -0.15) is 0 Å². The first kappa shape index (κ1) is 18.4. The van der Waals surface area contributed by atoms with E-state index in [2.05, 4.69) is 7.05 Å². The number of ether oxygens (including phenoxy) is 1. The largest absolute Gasteiger partial charge is 0.468 e. The number of fused-ring (bicyclic) bond motifs is 3. The lowest BCUT2D eigenvalue weighted by Gasteiger charge is -2.24. The van der Waals surface area contributed by atoms with Crippen LogP contribution < -0.4 is 16.1 Å². The summed E-state index contributed by atoms with van der Waals surface area (Å²) in [5.41, 5.74) is 0.540. The second-order valence-electron chi connectivity index (χ2n) is 7.73. The Labute approximate surface area is 161 Å². The van der Waals surface area contributed by atoms with Crippen molar-refractivity contribution in [2.75, 3.05) is 20.7 Å². The van der Waals surface area contributed by atoms with E-state index in [-0.39, 0.29) is 23.8 Å². The van der Waals surface area contributed by atoms with Crippen LogP contribution in [-0.2, 0) is 29.0 Å². The molecule has 0 saturated heterocycles. The third-order valence-corrected chi connectivity index (χ3v) is 7.16. The average molecular weight is 393 g/mol. The smallest absolute Gasteiger partial charge is 0.332 e. The third-order valence-electron chi connectivity index (χ3n) is 5.91. The van der Waals surface area contributed by atoms with Gasteiger partial charge in [-0.15, -0.1) is 11.3 Å². The first-order chi connectivity index (χ1) is 13.0. The molecule has 1 fully saturated rings. The molecule has 27 heavy (non-hydrogen) atoms. The topological polar surface area (TPSA) is 74.7 Å². The van der Waals surface area contributed by atoms with Crippen LogP contribution in [0.5, 0.6) is 0 Å². The molecule has 2 aromatic rings. The second kappa shape index (κ2) is 7.24. The Kier molecular flexibility index (Phi) is 4.94. The fourth-order valence-corrected chi connectivity index (χ4v) is 5.88. The molecule has 7 nitrogen and oxygen atoms in total. The molecule has 1 unspecified atom stereocenters. The highest BCUT2D eigenvalue weighted by atomic mass is 32.1. The van der Waals surface area contributed by atoms with Crippen LogP contribution in [-0.4, -0.2) is 35.8 Å². The van der Waals surface area contributed by atoms with E-state index in [0.29, 0.717) is 10.2 Å². The first-order valence-electron chi connectivity index (χ1n) is 9.69. The summed E-state index contributed by atoms with van der Waals surface area (Å²) in [6.45, 7) is 1.67. The lowest BCUT2D eigenvalue weighted by atomic mass is 9.95. The number of carbonyl (C=O) groups excluding carboxylic acids is 1. The molecule has 1 N–H and O–H groups in total. The van der Waals surface area contributed by atoms with Crippen LogP contribution >= 0.6 is 11.3 Å². The molecule has 0 bridgehead atoms. The molecule has 1 saturated carbocycles. The van der Waals surface area contributed by atoms with Gasteiger partial charge in [0, 0.05) is 12.5 Å². The fourth-order valence-electron chi connectivity index (χ4n) is 4.44. The summed E-state index contributed by atoms with van der Waals surface area (Å²) in [5.74, 6) is -0.471. The number of aromatic nitrogens is 2. The van der Waals surface area contributed by atoms with Crippen molar-refractivity contribution in [1.82, 2.24) is 9.13 Å². The normalized spacial score (nSPS) is 20.6. The fraction of sp³-hybridized carbons (Fsp3) is 0.632. The number of methoxy groups -OCH3 is 1. The van der Waals surface area contributed by atoms with Crippen LogP contribution in [0.4, 0.5) is 0 Å². The predicted octanol–water partition coefficient (Wildman–Crippen LogP) is 0.474. The van der Waals surface area contributed by atoms with E-state index < -0.39 is 5.97 Å². The number of esters is 1. The van der Waals surface area contributed by atoms with Crippen LogP contribution in [0.15, 0.2) is 9.59 Å². The lowest BCUT2D eigenvalue weighted by Crippen LogP contribution is -3.08. The van der Waals surface area contributed by atoms with Gasteiger partial charge in [0.25, 0.3) is 5.56 Å². The Morgan fingerprint density at radius 3 is 2.70 bits per heavy atom. The van der Waals surface area contributed by atoms with Crippen LogP contribution in [0.1, 0.15) is 48.6 Å². The van der Waals surface area contributed by atoms with E-state index in [1.807, 2.05) is 0 Å². The van der Waals surface area contributed by atoms with Gasteiger partial charge in [0.1, 0.15) is 17.9 Å². The van der Waals surface area contributed by atoms with E-state index in [9.17, 15) is 14.4 Å². The molecule has 0 aromatic carbocycles. The van der Waals surface area contributed by atoms with Gasteiger partial charge in [-0.3, -0.25) is 18.7 Å². The molecule has 0 radical (unpaired) electrons. The van der Waals surface area contributed by atoms with Gasteiger partial charge in [-0.05, 0) is 18.4 Å². The number of carbonyl (C=O) groups is 1. The molecule has 3 heterocycles. The van der Waals surface area contributed by atoms with Gasteiger partial charge in [0.15, 0.2) is 0 Å². The van der Waals surface area contributed by atoms with E-state index in [4.69, 9.17) is 4.74 Å². The number of likely N-dealkylation sites (N-methyl/N-ethyl adjacent to an activating group) is 1. The molecular formula is C19H26N3O4S+. The maximum atomic E-state index is 13.4. The number of nitrogens with zero attached hydrogens (tertiary/aromatic N) is 2. The SMILES string of the molecule is COC(=O)Cn1c(=O)n(C2CCCCC2)c(=O)c2c3c(sc21)C[NH+](C)CC3. The Bertz CT molecular complexity index is 997. The van der Waals surface area contributed by atoms with E-state index >= 15 is 0 Å². The van der Waals surface area contributed by atoms with Gasteiger partial charge < -0.3 is 9.64 Å². The number of quaternary nitrogens is 1. The minimum Gasteiger partial charge on any atom is -0.468 e. The van der Waals surface area contributed by atoms with Crippen LogP contribution in [0.2, 0.25) is 0 Å². The van der Waals surface area contributed by atoms with Crippen molar-refractivity contribution in [2.45, 2.75) is 57.7 Å². The zero-order valence-electron chi connectivity index (χ0n) is 15.9. The number of rotatable bonds is 3. The molecule has 2 aromatic heterocycles. The van der Waals surface area contributed by atoms with E-state index in [1.165, 1.54) is 32.5 Å². The van der Waals surface area contributed by atoms with Crippen LogP contribution in [0.3, 0.4) is 0 Å². The molecule has 8 heteroatoms. The summed E-state index contributed by atoms with van der Waals surface area (Å²) in [4.78, 5) is 41.8. The molecule has 1 atom stereocenters. The monoisotopic (exact) mass is 392 g/mol. The Balaban J connectivity index is 1.99. The second-order valence-corrected chi connectivity index (χ2v) is 8.81. The third kappa shape index (κ3) is 3.14. The quantitative estimate of drug-likeness (QED) is 0.771. The summed E-state index contributed by atoms with van der Waals surface area (Å²) in [5, 5.41) is 0.650. The van der Waals surface area contributed by atoms with Crippen molar-refractivity contribution in [1.29, 1.82) is 0 Å². The Morgan fingerprint density at radius 2 is 2.00 bits per heavy atom. The average Bonchev–Trinajstić information content (AvgIpc) is 3.04. The van der Waals surface area contributed by atoms with E-state index in [1.54, 1.807) is 0 Å². The van der Waals surface area contributed by atoms with Crippen LogP contribution in [0, 0.1) is 0 Å². The highest BCUT2D eigenvalue weighted by molar-refractivity contribution is 7.18. The summed E-state index contributed by atoms with van der Waals surface area (Å²) >= 11 is 1.49. The minimum absolute atomic E-state index is 0.0699. The molecule has 2 aliphatic rings. The van der Waals surface area contributed by atoms with Crippen molar-refractivity contribution in [3.8, 4) is 0 Å². The highest BCUT2D eigenvalue weighted by Gasteiger charge is 2.29. The van der Waals surface area contributed by atoms with Crippen molar-refractivity contribution in [2.24, 2.45) is 0 Å². The van der Waals surface area contributed by atoms with Gasteiger partial charge >= 0.3 is 11.7 Å². The van der Waals surface area contributed by atoms with Crippen molar-refractivity contribution < 1.29 is 14.4 Å². The summed E-state index contributed by atoms with van der Waals surface area (Å²) in [6, 6.07) is -0.0699. The highest BCUT2D eigenvalue weighted by Crippen LogP contribution is 2.31. The minimum atomic E-state index is -0.471. The summed E-state index contributed by atoms with van der Waals surface area (Å²) in [7, 11) is 3.45. The van der Waals surface area contributed by atoms with Gasteiger partial charge in [0.05, 0.1) is 31.0 Å². The molecule has 146 valence electrons. The molecule has 0 spiro atoms.